The van der Waals surface area contributed by atoms with E-state index < -0.39 is 0 Å². The number of nitrogens with one attached hydrogen (secondary N) is 2. The molecule has 6 nitrogen and oxygen atoms in total. The molecule has 27 heavy (non-hydrogen) atoms. The van der Waals surface area contributed by atoms with Gasteiger partial charge in [-0.2, -0.15) is 0 Å². The van der Waals surface area contributed by atoms with Crippen LogP contribution in [0.5, 0.6) is 17.2 Å². The number of hydrogen-bond donors (Lipinski definition) is 2. The van der Waals surface area contributed by atoms with Gasteiger partial charge in [0.1, 0.15) is 23.4 Å². The van der Waals surface area contributed by atoms with Gasteiger partial charge < -0.3 is 24.8 Å². The fourth-order valence-electron chi connectivity index (χ4n) is 2.32. The van der Waals surface area contributed by atoms with Gasteiger partial charge in [0, 0.05) is 13.6 Å². The zero-order chi connectivity index (χ0) is 18.8. The van der Waals surface area contributed by atoms with E-state index in [9.17, 15) is 0 Å². The first-order valence-electron chi connectivity index (χ1n) is 8.52. The van der Waals surface area contributed by atoms with E-state index in [1.165, 1.54) is 0 Å². The van der Waals surface area contributed by atoms with Crippen molar-refractivity contribution in [2.45, 2.75) is 19.6 Å². The number of nitrogens with zero attached hydrogens (tertiary/aromatic N) is 1. The van der Waals surface area contributed by atoms with E-state index in [0.717, 1.165) is 28.8 Å². The zero-order valence-corrected chi connectivity index (χ0v) is 18.5. The van der Waals surface area contributed by atoms with Gasteiger partial charge in [0.05, 0.1) is 20.8 Å². The molecule has 0 aromatic heterocycles. The van der Waals surface area contributed by atoms with Crippen LogP contribution in [0.1, 0.15) is 12.5 Å². The Labute approximate surface area is 178 Å². The summed E-state index contributed by atoms with van der Waals surface area (Å²) < 4.78 is 16.2. The monoisotopic (exact) mass is 485 g/mol. The van der Waals surface area contributed by atoms with Crippen molar-refractivity contribution in [2.24, 2.45) is 4.99 Å². The highest BCUT2D eigenvalue weighted by Gasteiger charge is 2.06. The smallest absolute Gasteiger partial charge is 0.191 e. The summed E-state index contributed by atoms with van der Waals surface area (Å²) in [6.45, 7) is 3.32. The Hall–Kier alpha value is -2.16. The first-order chi connectivity index (χ1) is 12.6. The van der Waals surface area contributed by atoms with Crippen LogP contribution in [-0.2, 0) is 6.54 Å². The van der Waals surface area contributed by atoms with Gasteiger partial charge in [-0.15, -0.1) is 24.0 Å². The van der Waals surface area contributed by atoms with Crippen molar-refractivity contribution in [2.75, 3.05) is 27.8 Å². The van der Waals surface area contributed by atoms with E-state index in [0.29, 0.717) is 13.1 Å². The molecule has 0 bridgehead atoms. The summed E-state index contributed by atoms with van der Waals surface area (Å²) in [5.41, 5.74) is 1.15. The van der Waals surface area contributed by atoms with Crippen LogP contribution < -0.4 is 24.8 Å². The van der Waals surface area contributed by atoms with Crippen LogP contribution in [0.4, 0.5) is 0 Å². The molecule has 0 spiro atoms. The number of guanidine groups is 1. The molecule has 2 N–H and O–H groups in total. The number of aliphatic imine (C=N–C) groups is 1. The molecule has 2 aromatic carbocycles. The minimum atomic E-state index is -0.0112. The van der Waals surface area contributed by atoms with E-state index in [1.54, 1.807) is 21.3 Å². The van der Waals surface area contributed by atoms with Crippen LogP contribution in [0, 0.1) is 0 Å². The minimum Gasteiger partial charge on any atom is -0.497 e. The van der Waals surface area contributed by atoms with Crippen LogP contribution in [0.25, 0.3) is 0 Å². The molecule has 2 aromatic rings. The molecular formula is C20H28IN3O3. The second kappa shape index (κ2) is 12.3. The van der Waals surface area contributed by atoms with Crippen molar-refractivity contribution in [1.82, 2.24) is 10.6 Å². The molecule has 0 aliphatic carbocycles. The lowest BCUT2D eigenvalue weighted by atomic mass is 10.2. The Morgan fingerprint density at radius 2 is 1.41 bits per heavy atom. The second-order valence-corrected chi connectivity index (χ2v) is 5.76. The molecule has 1 unspecified atom stereocenters. The largest absolute Gasteiger partial charge is 0.497 e. The average Bonchev–Trinajstić information content (AvgIpc) is 2.69. The summed E-state index contributed by atoms with van der Waals surface area (Å²) in [5, 5.41) is 6.55. The summed E-state index contributed by atoms with van der Waals surface area (Å²) in [6, 6.07) is 15.5. The topological polar surface area (TPSA) is 64.1 Å². The van der Waals surface area contributed by atoms with Crippen molar-refractivity contribution < 1.29 is 14.2 Å². The number of rotatable bonds is 8. The van der Waals surface area contributed by atoms with E-state index in [1.807, 2.05) is 55.5 Å². The normalized spacial score (nSPS) is 11.8. The molecule has 0 radical (unpaired) electrons. The van der Waals surface area contributed by atoms with Crippen molar-refractivity contribution in [3.8, 4) is 17.2 Å². The summed E-state index contributed by atoms with van der Waals surface area (Å²) in [7, 11) is 5.06. The van der Waals surface area contributed by atoms with Crippen molar-refractivity contribution in [3.63, 3.8) is 0 Å². The molecular weight excluding hydrogens is 457 g/mol. The fourth-order valence-corrected chi connectivity index (χ4v) is 2.32. The van der Waals surface area contributed by atoms with Crippen LogP contribution in [0.2, 0.25) is 0 Å². The third-order valence-electron chi connectivity index (χ3n) is 3.80. The zero-order valence-electron chi connectivity index (χ0n) is 16.2. The third-order valence-corrected chi connectivity index (χ3v) is 3.80. The molecule has 0 saturated heterocycles. The second-order valence-electron chi connectivity index (χ2n) is 5.76. The molecule has 0 fully saturated rings. The van der Waals surface area contributed by atoms with Gasteiger partial charge >= 0.3 is 0 Å². The lowest BCUT2D eigenvalue weighted by Gasteiger charge is -2.18. The van der Waals surface area contributed by atoms with Crippen molar-refractivity contribution >= 4 is 29.9 Å². The average molecular weight is 485 g/mol. The van der Waals surface area contributed by atoms with Crippen molar-refractivity contribution in [3.05, 3.63) is 54.1 Å². The number of benzene rings is 2. The maximum atomic E-state index is 5.88. The van der Waals surface area contributed by atoms with E-state index >= 15 is 0 Å². The Kier molecular flexibility index (Phi) is 10.4. The number of halogens is 1. The molecule has 0 amide bonds. The lowest BCUT2D eigenvalue weighted by molar-refractivity contribution is 0.223. The predicted molar refractivity (Wildman–Crippen MR) is 120 cm³/mol. The Morgan fingerprint density at radius 3 is 1.93 bits per heavy atom. The van der Waals surface area contributed by atoms with Crippen LogP contribution >= 0.6 is 24.0 Å². The van der Waals surface area contributed by atoms with Gasteiger partial charge in [0.2, 0.25) is 0 Å². The van der Waals surface area contributed by atoms with E-state index in [2.05, 4.69) is 15.6 Å². The van der Waals surface area contributed by atoms with E-state index in [-0.39, 0.29) is 30.1 Å². The van der Waals surface area contributed by atoms with Crippen LogP contribution in [0.3, 0.4) is 0 Å². The standard InChI is InChI=1S/C20H27N3O3.HI/c1-15(26-19-11-9-18(25-4)10-12-19)13-22-20(21-2)23-14-16-5-7-17(24-3)8-6-16;/h5-12,15H,13-14H2,1-4H3,(H2,21,22,23);1H. The summed E-state index contributed by atoms with van der Waals surface area (Å²) in [6.07, 6.45) is -0.0112. The highest BCUT2D eigenvalue weighted by Crippen LogP contribution is 2.18. The van der Waals surface area contributed by atoms with Crippen LogP contribution in [0.15, 0.2) is 53.5 Å². The third kappa shape index (κ3) is 7.94. The lowest BCUT2D eigenvalue weighted by Crippen LogP contribution is -2.41. The molecule has 0 heterocycles. The number of methoxy groups -OCH3 is 2. The quantitative estimate of drug-likeness (QED) is 0.341. The molecule has 2 rings (SSSR count). The van der Waals surface area contributed by atoms with Crippen LogP contribution in [-0.4, -0.2) is 39.9 Å². The molecule has 148 valence electrons. The first kappa shape index (κ1) is 22.9. The van der Waals surface area contributed by atoms with Gasteiger partial charge in [0.25, 0.3) is 0 Å². The molecule has 7 heteroatoms. The maximum absolute atomic E-state index is 5.88. The SMILES string of the molecule is CN=C(NCc1ccc(OC)cc1)NCC(C)Oc1ccc(OC)cc1.I. The Bertz CT molecular complexity index is 691. The van der Waals surface area contributed by atoms with Gasteiger partial charge in [-0.05, 0) is 48.9 Å². The number of hydrogen-bond acceptors (Lipinski definition) is 4. The van der Waals surface area contributed by atoms with Gasteiger partial charge in [-0.25, -0.2) is 0 Å². The summed E-state index contributed by atoms with van der Waals surface area (Å²) in [4.78, 5) is 4.24. The van der Waals surface area contributed by atoms with Gasteiger partial charge in [0.15, 0.2) is 5.96 Å². The highest BCUT2D eigenvalue weighted by molar-refractivity contribution is 14.0. The fraction of sp³-hybridized carbons (Fsp3) is 0.350. The molecule has 0 saturated carbocycles. The maximum Gasteiger partial charge on any atom is 0.191 e. The minimum absolute atomic E-state index is 0. The van der Waals surface area contributed by atoms with E-state index in [4.69, 9.17) is 14.2 Å². The molecule has 1 atom stereocenters. The predicted octanol–water partition coefficient (Wildman–Crippen LogP) is 3.45. The Balaban J connectivity index is 0.00000364. The highest BCUT2D eigenvalue weighted by atomic mass is 127. The summed E-state index contributed by atoms with van der Waals surface area (Å²) >= 11 is 0. The van der Waals surface area contributed by atoms with Crippen molar-refractivity contribution in [1.29, 1.82) is 0 Å². The first-order valence-corrected chi connectivity index (χ1v) is 8.52. The Morgan fingerprint density at radius 1 is 0.889 bits per heavy atom. The van der Waals surface area contributed by atoms with Gasteiger partial charge in [-0.1, -0.05) is 12.1 Å². The number of ether oxygens (including phenoxy) is 3. The van der Waals surface area contributed by atoms with Gasteiger partial charge in [-0.3, -0.25) is 4.99 Å². The molecule has 0 aliphatic heterocycles. The molecule has 0 aliphatic rings. The summed E-state index contributed by atoms with van der Waals surface area (Å²) in [5.74, 6) is 3.19.